The normalized spacial score (nSPS) is 10.9. The van der Waals surface area contributed by atoms with Crippen LogP contribution >= 0.6 is 0 Å². The quantitative estimate of drug-likeness (QED) is 0.756. The minimum absolute atomic E-state index is 0.0253. The third kappa shape index (κ3) is 4.39. The van der Waals surface area contributed by atoms with Gasteiger partial charge in [0.1, 0.15) is 0 Å². The first-order valence-corrected chi connectivity index (χ1v) is 9.03. The van der Waals surface area contributed by atoms with Crippen molar-refractivity contribution in [2.45, 2.75) is 47.6 Å². The van der Waals surface area contributed by atoms with E-state index in [1.165, 1.54) is 5.56 Å². The van der Waals surface area contributed by atoms with Crippen molar-refractivity contribution in [2.24, 2.45) is 0 Å². The van der Waals surface area contributed by atoms with E-state index in [4.69, 9.17) is 0 Å². The minimum Gasteiger partial charge on any atom is -0.352 e. The fourth-order valence-electron chi connectivity index (χ4n) is 3.06. The highest BCUT2D eigenvalue weighted by Gasteiger charge is 2.17. The van der Waals surface area contributed by atoms with Crippen LogP contribution < -0.4 is 5.32 Å². The maximum absolute atomic E-state index is 12.4. The lowest BCUT2D eigenvalue weighted by Gasteiger charge is -2.07. The van der Waals surface area contributed by atoms with Gasteiger partial charge in [0.25, 0.3) is 5.95 Å². The number of benzene rings is 1. The molecule has 0 aliphatic rings. The van der Waals surface area contributed by atoms with Gasteiger partial charge in [0.2, 0.25) is 5.91 Å². The number of carbonyl (C=O) groups is 1. The van der Waals surface area contributed by atoms with Crippen LogP contribution in [0.3, 0.4) is 0 Å². The number of carbonyl (C=O) groups excluding carboxylic acids is 1. The molecular weight excluding hydrogens is 338 g/mol. The van der Waals surface area contributed by atoms with Gasteiger partial charge in [-0.2, -0.15) is 5.10 Å². The lowest BCUT2D eigenvalue weighted by molar-refractivity contribution is -0.120. The van der Waals surface area contributed by atoms with Crippen molar-refractivity contribution in [3.63, 3.8) is 0 Å². The van der Waals surface area contributed by atoms with E-state index in [1.807, 2.05) is 65.0 Å². The van der Waals surface area contributed by atoms with E-state index in [2.05, 4.69) is 20.4 Å². The molecule has 3 aromatic rings. The zero-order valence-electron chi connectivity index (χ0n) is 16.5. The highest BCUT2D eigenvalue weighted by atomic mass is 16.1. The van der Waals surface area contributed by atoms with Crippen LogP contribution in [0.5, 0.6) is 0 Å². The Morgan fingerprint density at radius 1 is 1.00 bits per heavy atom. The lowest BCUT2D eigenvalue weighted by atomic mass is 10.1. The number of aromatic nitrogens is 4. The summed E-state index contributed by atoms with van der Waals surface area (Å²) >= 11 is 0. The van der Waals surface area contributed by atoms with E-state index >= 15 is 0 Å². The summed E-state index contributed by atoms with van der Waals surface area (Å²) in [7, 11) is 0. The maximum atomic E-state index is 12.4. The molecule has 6 nitrogen and oxygen atoms in total. The number of hydrogen-bond acceptors (Lipinski definition) is 4. The largest absolute Gasteiger partial charge is 0.352 e. The smallest absolute Gasteiger partial charge is 0.251 e. The summed E-state index contributed by atoms with van der Waals surface area (Å²) in [5, 5.41) is 7.54. The number of amides is 1. The predicted octanol–water partition coefficient (Wildman–Crippen LogP) is 3.06. The number of nitrogens with one attached hydrogen (secondary N) is 1. The Bertz CT molecular complexity index is 953. The Labute approximate surface area is 159 Å². The molecule has 1 aromatic carbocycles. The van der Waals surface area contributed by atoms with Gasteiger partial charge in [-0.25, -0.2) is 14.6 Å². The van der Waals surface area contributed by atoms with Crippen LogP contribution in [0, 0.1) is 34.6 Å². The van der Waals surface area contributed by atoms with Crippen molar-refractivity contribution < 1.29 is 4.79 Å². The second-order valence-electron chi connectivity index (χ2n) is 6.95. The van der Waals surface area contributed by atoms with Crippen LogP contribution in [-0.2, 0) is 17.8 Å². The van der Waals surface area contributed by atoms with Crippen LogP contribution in [-0.4, -0.2) is 25.7 Å². The first-order valence-electron chi connectivity index (χ1n) is 9.03. The zero-order chi connectivity index (χ0) is 19.6. The van der Waals surface area contributed by atoms with Crippen LogP contribution in [0.25, 0.3) is 5.95 Å². The van der Waals surface area contributed by atoms with Gasteiger partial charge in [0, 0.05) is 29.2 Å². The predicted molar refractivity (Wildman–Crippen MR) is 105 cm³/mol. The van der Waals surface area contributed by atoms with Crippen LogP contribution in [0.15, 0.2) is 30.3 Å². The molecule has 0 radical (unpaired) electrons. The molecule has 2 aromatic heterocycles. The fraction of sp³-hybridized carbons (Fsp3) is 0.333. The second-order valence-corrected chi connectivity index (χ2v) is 6.95. The number of hydrogen-bond donors (Lipinski definition) is 1. The van der Waals surface area contributed by atoms with Crippen molar-refractivity contribution in [1.82, 2.24) is 25.1 Å². The van der Waals surface area contributed by atoms with Crippen molar-refractivity contribution in [1.29, 1.82) is 0 Å². The highest BCUT2D eigenvalue weighted by molar-refractivity contribution is 5.79. The summed E-state index contributed by atoms with van der Waals surface area (Å²) in [6.07, 6.45) is 0.286. The molecular formula is C21H25N5O. The van der Waals surface area contributed by atoms with Gasteiger partial charge in [0.15, 0.2) is 0 Å². The Hall–Kier alpha value is -3.02. The molecule has 6 heteroatoms. The first kappa shape index (κ1) is 18.8. The van der Waals surface area contributed by atoms with Gasteiger partial charge in [-0.1, -0.05) is 29.8 Å². The van der Waals surface area contributed by atoms with E-state index in [0.717, 1.165) is 33.9 Å². The molecule has 1 amide bonds. The van der Waals surface area contributed by atoms with E-state index in [9.17, 15) is 4.79 Å². The molecule has 0 unspecified atom stereocenters. The van der Waals surface area contributed by atoms with E-state index < -0.39 is 0 Å². The Balaban J connectivity index is 1.74. The molecule has 0 aliphatic carbocycles. The summed E-state index contributed by atoms with van der Waals surface area (Å²) in [5.41, 5.74) is 6.70. The third-order valence-corrected chi connectivity index (χ3v) is 4.55. The molecule has 27 heavy (non-hydrogen) atoms. The van der Waals surface area contributed by atoms with Gasteiger partial charge in [-0.05, 0) is 46.2 Å². The van der Waals surface area contributed by atoms with Gasteiger partial charge < -0.3 is 5.32 Å². The monoisotopic (exact) mass is 363 g/mol. The average Bonchev–Trinajstić information content (AvgIpc) is 2.89. The summed E-state index contributed by atoms with van der Waals surface area (Å²) in [5.74, 6) is 0.516. The lowest BCUT2D eigenvalue weighted by Crippen LogP contribution is -2.25. The van der Waals surface area contributed by atoms with Gasteiger partial charge >= 0.3 is 0 Å². The molecule has 140 valence electrons. The van der Waals surface area contributed by atoms with E-state index in [-0.39, 0.29) is 12.3 Å². The number of aryl methyl sites for hydroxylation is 4. The molecule has 0 aliphatic heterocycles. The Kier molecular flexibility index (Phi) is 5.35. The minimum atomic E-state index is -0.0253. The summed E-state index contributed by atoms with van der Waals surface area (Å²) < 4.78 is 1.72. The topological polar surface area (TPSA) is 72.7 Å². The Morgan fingerprint density at radius 2 is 1.63 bits per heavy atom. The summed E-state index contributed by atoms with van der Waals surface area (Å²) in [4.78, 5) is 21.4. The zero-order valence-corrected chi connectivity index (χ0v) is 16.5. The number of nitrogens with zero attached hydrogens (tertiary/aromatic N) is 4. The van der Waals surface area contributed by atoms with Crippen LogP contribution in [0.1, 0.15) is 39.5 Å². The third-order valence-electron chi connectivity index (χ3n) is 4.55. The van der Waals surface area contributed by atoms with Crippen LogP contribution in [0.4, 0.5) is 0 Å². The molecule has 0 spiro atoms. The molecule has 0 bridgehead atoms. The maximum Gasteiger partial charge on any atom is 0.251 e. The Morgan fingerprint density at radius 3 is 2.26 bits per heavy atom. The van der Waals surface area contributed by atoms with E-state index in [0.29, 0.717) is 12.5 Å². The van der Waals surface area contributed by atoms with Crippen molar-refractivity contribution in [2.75, 3.05) is 0 Å². The molecule has 2 heterocycles. The molecule has 0 saturated heterocycles. The van der Waals surface area contributed by atoms with E-state index in [1.54, 1.807) is 4.68 Å². The standard InChI is InChI=1S/C21H25N5O/c1-13-6-8-18(9-7-13)12-22-20(27)11-19-16(4)25-26(17(19)5)21-23-14(2)10-15(3)24-21/h6-10H,11-12H2,1-5H3,(H,22,27). The molecule has 0 atom stereocenters. The van der Waals surface area contributed by atoms with Crippen molar-refractivity contribution >= 4 is 5.91 Å². The van der Waals surface area contributed by atoms with Crippen molar-refractivity contribution in [3.8, 4) is 5.95 Å². The highest BCUT2D eigenvalue weighted by Crippen LogP contribution is 2.17. The van der Waals surface area contributed by atoms with Gasteiger partial charge in [0.05, 0.1) is 12.1 Å². The molecule has 0 saturated carbocycles. The van der Waals surface area contributed by atoms with Crippen LogP contribution in [0.2, 0.25) is 0 Å². The summed E-state index contributed by atoms with van der Waals surface area (Å²) in [6, 6.07) is 10.1. The molecule has 0 fully saturated rings. The fourth-order valence-corrected chi connectivity index (χ4v) is 3.06. The van der Waals surface area contributed by atoms with Crippen molar-refractivity contribution in [3.05, 3.63) is 69.8 Å². The average molecular weight is 363 g/mol. The molecule has 1 N–H and O–H groups in total. The van der Waals surface area contributed by atoms with Gasteiger partial charge in [-0.3, -0.25) is 4.79 Å². The van der Waals surface area contributed by atoms with Gasteiger partial charge in [-0.15, -0.1) is 0 Å². The first-order chi connectivity index (χ1) is 12.8. The number of rotatable bonds is 5. The molecule has 3 rings (SSSR count). The summed E-state index contributed by atoms with van der Waals surface area (Å²) in [6.45, 7) is 10.3. The SMILES string of the molecule is Cc1ccc(CNC(=O)Cc2c(C)nn(-c3nc(C)cc(C)n3)c2C)cc1. The second kappa shape index (κ2) is 7.70.